The number of hydrogen-bond donors (Lipinski definition) is 1. The highest BCUT2D eigenvalue weighted by Gasteiger charge is 2.32. The number of rotatable bonds is 6. The zero-order chi connectivity index (χ0) is 26.3. The van der Waals surface area contributed by atoms with Crippen molar-refractivity contribution in [1.29, 1.82) is 0 Å². The van der Waals surface area contributed by atoms with Gasteiger partial charge in [-0.2, -0.15) is 5.10 Å². The van der Waals surface area contributed by atoms with Gasteiger partial charge < -0.3 is 10.2 Å². The molecule has 1 N–H and O–H groups in total. The molecule has 1 aliphatic heterocycles. The van der Waals surface area contributed by atoms with Crippen molar-refractivity contribution in [3.8, 4) is 11.3 Å². The molecule has 0 aliphatic carbocycles. The Bertz CT molecular complexity index is 1570. The third-order valence-corrected chi connectivity index (χ3v) is 8.69. The van der Waals surface area contributed by atoms with Gasteiger partial charge in [-0.3, -0.25) is 4.79 Å². The number of carbonyl (C=O) groups is 1. The summed E-state index contributed by atoms with van der Waals surface area (Å²) in [7, 11) is 0.807. The van der Waals surface area contributed by atoms with E-state index in [4.69, 9.17) is 4.98 Å². The Morgan fingerprint density at radius 3 is 2.41 bits per heavy atom. The molecule has 1 amide bonds. The number of fused-ring (bicyclic) bond motifs is 1. The van der Waals surface area contributed by atoms with E-state index in [0.717, 1.165) is 17.7 Å². The van der Waals surface area contributed by atoms with Gasteiger partial charge in [-0.15, -0.1) is 0 Å². The fourth-order valence-corrected chi connectivity index (χ4v) is 6.51. The molecule has 1 unspecified atom stereocenters. The number of aromatic nitrogens is 3. The van der Waals surface area contributed by atoms with Crippen LogP contribution in [-0.4, -0.2) is 54.7 Å². The quantitative estimate of drug-likeness (QED) is 0.400. The maximum absolute atomic E-state index is 13.6. The minimum atomic E-state index is -3.12. The van der Waals surface area contributed by atoms with Crippen LogP contribution < -0.4 is 10.2 Å². The molecule has 1 aliphatic rings. The average Bonchev–Trinajstić information content (AvgIpc) is 3.42. The normalized spacial score (nSPS) is 16.7. The Labute approximate surface area is 217 Å². The zero-order valence-corrected chi connectivity index (χ0v) is 22.3. The van der Waals surface area contributed by atoms with Crippen LogP contribution >= 0.6 is 0 Å². The Balaban J connectivity index is 1.62. The number of hydrogen-bond acceptors (Lipinski definition) is 6. The van der Waals surface area contributed by atoms with Gasteiger partial charge in [-0.25, -0.2) is 18.1 Å². The van der Waals surface area contributed by atoms with Crippen molar-refractivity contribution in [3.05, 3.63) is 71.4 Å². The first kappa shape index (κ1) is 25.0. The van der Waals surface area contributed by atoms with Crippen molar-refractivity contribution in [2.45, 2.75) is 32.7 Å². The van der Waals surface area contributed by atoms with Gasteiger partial charge in [0.25, 0.3) is 5.91 Å². The second-order valence-corrected chi connectivity index (χ2v) is 12.0. The van der Waals surface area contributed by atoms with Crippen LogP contribution in [-0.2, 0) is 16.3 Å². The van der Waals surface area contributed by atoms with E-state index in [2.05, 4.69) is 29.5 Å². The highest BCUT2D eigenvalue weighted by atomic mass is 32.2. The highest BCUT2D eigenvalue weighted by Crippen LogP contribution is 2.32. The summed E-state index contributed by atoms with van der Waals surface area (Å²) in [5, 5.41) is 8.34. The van der Waals surface area contributed by atoms with Gasteiger partial charge in [-0.05, 0) is 55.7 Å². The number of nitrogens with zero attached hydrogens (tertiary/aromatic N) is 4. The third-order valence-electron chi connectivity index (χ3n) is 6.94. The van der Waals surface area contributed by atoms with Gasteiger partial charge in [0, 0.05) is 31.0 Å². The van der Waals surface area contributed by atoms with Crippen molar-refractivity contribution >= 4 is 38.2 Å². The maximum Gasteiger partial charge on any atom is 0.256 e. The Morgan fingerprint density at radius 2 is 1.81 bits per heavy atom. The van der Waals surface area contributed by atoms with Gasteiger partial charge in [0.05, 0.1) is 39.9 Å². The molecule has 0 saturated carbocycles. The Kier molecular flexibility index (Phi) is 6.49. The predicted octanol–water partition coefficient (Wildman–Crippen LogP) is 4.65. The Morgan fingerprint density at radius 1 is 1.11 bits per heavy atom. The van der Waals surface area contributed by atoms with E-state index in [1.807, 2.05) is 62.3 Å². The molecule has 192 valence electrons. The van der Waals surface area contributed by atoms with E-state index in [0.29, 0.717) is 40.1 Å². The number of amides is 1. The standard InChI is InChI=1S/C28H31N5O3S/c1-5-19-6-8-20(9-7-19)25-16-24(28(34)29-21-10-12-22(13-11-21)32(3)4)26-18(2)31-33(27(26)30-25)23-14-15-37(35,36)17-23/h6-13,16,23H,5,14-15,17H2,1-4H3,(H,29,34). The van der Waals surface area contributed by atoms with E-state index >= 15 is 0 Å². The van der Waals surface area contributed by atoms with Gasteiger partial charge in [0.15, 0.2) is 15.5 Å². The van der Waals surface area contributed by atoms with E-state index in [1.54, 1.807) is 10.7 Å². The summed E-state index contributed by atoms with van der Waals surface area (Å²) in [6.07, 6.45) is 1.41. The molecule has 4 aromatic rings. The van der Waals surface area contributed by atoms with E-state index in [1.165, 1.54) is 5.56 Å². The van der Waals surface area contributed by atoms with Crippen LogP contribution in [0.1, 0.15) is 41.0 Å². The molecular formula is C28H31N5O3S. The summed E-state index contributed by atoms with van der Waals surface area (Å²) in [5.74, 6) is -0.106. The number of sulfone groups is 1. The van der Waals surface area contributed by atoms with Gasteiger partial charge in [0.2, 0.25) is 0 Å². The van der Waals surface area contributed by atoms with E-state index < -0.39 is 9.84 Å². The lowest BCUT2D eigenvalue weighted by atomic mass is 10.0. The first-order valence-corrected chi connectivity index (χ1v) is 14.3. The molecule has 0 bridgehead atoms. The summed E-state index contributed by atoms with van der Waals surface area (Å²) in [5.41, 5.74) is 6.09. The number of anilines is 2. The molecule has 3 heterocycles. The fourth-order valence-electron chi connectivity index (χ4n) is 4.82. The van der Waals surface area contributed by atoms with Crippen LogP contribution in [0, 0.1) is 6.92 Å². The molecule has 2 aromatic heterocycles. The first-order valence-electron chi connectivity index (χ1n) is 12.4. The smallest absolute Gasteiger partial charge is 0.256 e. The molecule has 1 saturated heterocycles. The van der Waals surface area contributed by atoms with Crippen LogP contribution in [0.3, 0.4) is 0 Å². The molecule has 8 nitrogen and oxygen atoms in total. The van der Waals surface area contributed by atoms with Crippen LogP contribution in [0.5, 0.6) is 0 Å². The van der Waals surface area contributed by atoms with Gasteiger partial charge in [0.1, 0.15) is 0 Å². The predicted molar refractivity (Wildman–Crippen MR) is 148 cm³/mol. The van der Waals surface area contributed by atoms with E-state index in [-0.39, 0.29) is 23.5 Å². The molecule has 2 aromatic carbocycles. The Hall–Kier alpha value is -3.72. The zero-order valence-electron chi connectivity index (χ0n) is 21.5. The van der Waals surface area contributed by atoms with Crippen molar-refractivity contribution in [3.63, 3.8) is 0 Å². The molecule has 5 rings (SSSR count). The summed E-state index contributed by atoms with van der Waals surface area (Å²) in [4.78, 5) is 20.5. The van der Waals surface area contributed by atoms with Crippen LogP contribution in [0.25, 0.3) is 22.3 Å². The molecule has 37 heavy (non-hydrogen) atoms. The summed E-state index contributed by atoms with van der Waals surface area (Å²) in [6.45, 7) is 3.94. The number of aryl methyl sites for hydroxylation is 2. The lowest BCUT2D eigenvalue weighted by molar-refractivity contribution is 0.102. The number of pyridine rings is 1. The monoisotopic (exact) mass is 517 g/mol. The van der Waals surface area contributed by atoms with Gasteiger partial charge >= 0.3 is 0 Å². The van der Waals surface area contributed by atoms with Crippen LogP contribution in [0.2, 0.25) is 0 Å². The SMILES string of the molecule is CCc1ccc(-c2cc(C(=O)Nc3ccc(N(C)C)cc3)c3c(C)nn(C4CCS(=O)(=O)C4)c3n2)cc1. The molecule has 9 heteroatoms. The van der Waals surface area contributed by atoms with Gasteiger partial charge in [-0.1, -0.05) is 31.2 Å². The maximum atomic E-state index is 13.6. The third kappa shape index (κ3) is 4.96. The summed E-state index contributed by atoms with van der Waals surface area (Å²) >= 11 is 0. The lowest BCUT2D eigenvalue weighted by Gasteiger charge is -2.14. The summed E-state index contributed by atoms with van der Waals surface area (Å²) < 4.78 is 26.2. The number of nitrogens with one attached hydrogen (secondary N) is 1. The highest BCUT2D eigenvalue weighted by molar-refractivity contribution is 7.91. The second-order valence-electron chi connectivity index (χ2n) is 9.79. The lowest BCUT2D eigenvalue weighted by Crippen LogP contribution is -2.15. The minimum absolute atomic E-state index is 0.0279. The van der Waals surface area contributed by atoms with Crippen molar-refractivity contribution in [1.82, 2.24) is 14.8 Å². The molecule has 0 radical (unpaired) electrons. The minimum Gasteiger partial charge on any atom is -0.378 e. The molecular weight excluding hydrogens is 486 g/mol. The number of benzene rings is 2. The van der Waals surface area contributed by atoms with Crippen molar-refractivity contribution in [2.24, 2.45) is 0 Å². The summed E-state index contributed by atoms with van der Waals surface area (Å²) in [6, 6.07) is 17.2. The van der Waals surface area contributed by atoms with Crippen LogP contribution in [0.4, 0.5) is 11.4 Å². The topological polar surface area (TPSA) is 97.2 Å². The average molecular weight is 518 g/mol. The first-order chi connectivity index (χ1) is 17.6. The second kappa shape index (κ2) is 9.63. The fraction of sp³-hybridized carbons (Fsp3) is 0.321. The van der Waals surface area contributed by atoms with Crippen LogP contribution in [0.15, 0.2) is 54.6 Å². The molecule has 0 spiro atoms. The largest absolute Gasteiger partial charge is 0.378 e. The molecule has 1 atom stereocenters. The van der Waals surface area contributed by atoms with E-state index in [9.17, 15) is 13.2 Å². The number of carbonyl (C=O) groups excluding carboxylic acids is 1. The molecule has 1 fully saturated rings. The van der Waals surface area contributed by atoms with Crippen molar-refractivity contribution < 1.29 is 13.2 Å². The van der Waals surface area contributed by atoms with Crippen molar-refractivity contribution in [2.75, 3.05) is 35.8 Å².